The van der Waals surface area contributed by atoms with Crippen LogP contribution in [0.15, 0.2) is 365 Å². The highest BCUT2D eigenvalue weighted by Crippen LogP contribution is 2.36. The number of urea groups is 4. The molecule has 764 valence electrons. The molecule has 0 aliphatic carbocycles. The number of anilines is 12. The van der Waals surface area contributed by atoms with Crippen LogP contribution in [0.1, 0.15) is 106 Å². The summed E-state index contributed by atoms with van der Waals surface area (Å²) in [6.45, 7) is 24.2. The van der Waals surface area contributed by atoms with Gasteiger partial charge in [0.25, 0.3) is 40.1 Å². The van der Waals surface area contributed by atoms with Gasteiger partial charge < -0.3 is 10.3 Å². The Hall–Kier alpha value is -17.2. The zero-order valence-corrected chi connectivity index (χ0v) is 87.4. The van der Waals surface area contributed by atoms with E-state index in [1.807, 2.05) is 167 Å². The topological polar surface area (TPSA) is 488 Å². The highest BCUT2D eigenvalue weighted by Gasteiger charge is 2.30. The summed E-state index contributed by atoms with van der Waals surface area (Å²) in [5.41, 5.74) is 9.95. The highest BCUT2D eigenvalue weighted by molar-refractivity contribution is 7.93. The predicted octanol–water partition coefficient (Wildman–Crippen LogP) is 22.9. The minimum atomic E-state index is -3.78. The van der Waals surface area contributed by atoms with Gasteiger partial charge in [-0.3, -0.25) is 56.1 Å². The van der Waals surface area contributed by atoms with Crippen molar-refractivity contribution in [2.24, 2.45) is 0 Å². The number of thiazole rings is 1. The maximum absolute atomic E-state index is 12.9. The number of H-pyrrole nitrogens is 1. The average molecular weight is 2120 g/mol. The molecule has 18 aromatic rings. The van der Waals surface area contributed by atoms with E-state index < -0.39 is 64.2 Å². The molecule has 0 unspecified atom stereocenters. The summed E-state index contributed by atoms with van der Waals surface area (Å²) >= 11 is 7.24. The van der Waals surface area contributed by atoms with Crippen molar-refractivity contribution in [3.63, 3.8) is 0 Å². The molecule has 0 saturated carbocycles. The van der Waals surface area contributed by atoms with Crippen LogP contribution < -0.4 is 61.4 Å². The standard InChI is InChI=1S/C29H28N6O3S2.C27H27N7O3S.C26H26ClN5O3S.C24H25N7O3S/c1-29(2,3)25-18-26(31-27(36)32-28-30-24(19-39-28)20-10-6-4-7-11-20)35(33-25)22-14-16-23(17-15-22)40(37,38)34-21-12-8-5-9-13-21;1-27(2,3)23-17-24(30-26(35)31-25-28-21-11-7-8-12-22(21)29-25)34(32-23)19-13-15-20(16-14-19)38(36,37)33-18-9-5-4-6-10-18;1-26(2,3)23-17-24(29-25(33)28-19-11-9-18(27)10-12-19)32(30-23)21-13-15-22(16-14-21)36(34,35)31-20-7-5-4-6-8-20;1-24(2,3)20-15-22(28-23(32)27-21-13-14-25-16-26-21)31(29-20)18-9-11-19(12-10-18)35(33,34)30-17-7-5-4-6-8-17/h4-19,34H,1-3H3,(H2,30,31,32,36);4-17,33H,1-3H3,(H3,28,29,30,31,35);4-17,31H,1-3H3,(H2,28,29,33);4-16,30H,1-3H3,(H2,25,26,27,28,32). The number of nitrogens with one attached hydrogen (secondary N) is 13. The minimum absolute atomic E-state index is 0.101. The molecule has 13 N–H and O–H groups in total. The number of aromatic amines is 1. The van der Waals surface area contributed by atoms with Gasteiger partial charge in [0.1, 0.15) is 35.4 Å². The first-order chi connectivity index (χ1) is 70.8. The number of para-hydroxylation sites is 6. The lowest BCUT2D eigenvalue weighted by atomic mass is 9.92. The molecule has 0 aliphatic heterocycles. The van der Waals surface area contributed by atoms with Gasteiger partial charge in [-0.25, -0.2) is 91.5 Å². The summed E-state index contributed by atoms with van der Waals surface area (Å²) in [5, 5.41) is 43.9. The van der Waals surface area contributed by atoms with E-state index in [0.29, 0.717) is 96.4 Å². The lowest BCUT2D eigenvalue weighted by molar-refractivity contribution is 0.261. The predicted molar refractivity (Wildman–Crippen MR) is 586 cm³/mol. The lowest BCUT2D eigenvalue weighted by Crippen LogP contribution is -2.22. The van der Waals surface area contributed by atoms with Crippen LogP contribution in [0.5, 0.6) is 0 Å². The number of nitrogens with zero attached hydrogens (tertiary/aromatic N) is 12. The fraction of sp³-hybridized carbons (Fsp3) is 0.151. The van der Waals surface area contributed by atoms with E-state index in [1.165, 1.54) is 72.4 Å². The molecular formula is C106H106ClN25O12S5. The largest absolute Gasteiger partial charge is 0.327 e. The number of aromatic nitrogens is 13. The van der Waals surface area contributed by atoms with E-state index in [2.05, 4.69) is 96.5 Å². The molecule has 43 heteroatoms. The molecule has 0 aliphatic rings. The second-order valence-electron chi connectivity index (χ2n) is 37.6. The number of carbonyl (C=O) groups is 4. The van der Waals surface area contributed by atoms with Gasteiger partial charge in [0, 0.05) is 96.5 Å². The van der Waals surface area contributed by atoms with E-state index in [0.717, 1.165) is 45.1 Å². The van der Waals surface area contributed by atoms with Gasteiger partial charge in [-0.2, -0.15) is 20.4 Å². The van der Waals surface area contributed by atoms with E-state index in [4.69, 9.17) is 21.8 Å². The molecule has 0 fully saturated rings. The Morgan fingerprint density at radius 3 is 0.953 bits per heavy atom. The maximum Gasteiger partial charge on any atom is 0.327 e. The Morgan fingerprint density at radius 2 is 0.631 bits per heavy atom. The van der Waals surface area contributed by atoms with Crippen LogP contribution in [-0.4, -0.2) is 122 Å². The molecule has 0 bridgehead atoms. The molecular weight excluding hydrogens is 2010 g/mol. The molecule has 0 spiro atoms. The molecule has 11 aromatic carbocycles. The van der Waals surface area contributed by atoms with Gasteiger partial charge in [0.15, 0.2) is 5.13 Å². The molecule has 8 amide bonds. The van der Waals surface area contributed by atoms with Crippen LogP contribution >= 0.6 is 22.9 Å². The lowest BCUT2D eigenvalue weighted by Gasteiger charge is -2.14. The molecule has 0 saturated heterocycles. The van der Waals surface area contributed by atoms with Crippen molar-refractivity contribution < 1.29 is 52.8 Å². The first-order valence-electron chi connectivity index (χ1n) is 46.2. The van der Waals surface area contributed by atoms with Crippen LogP contribution in [0.3, 0.4) is 0 Å². The van der Waals surface area contributed by atoms with Crippen LogP contribution in [0, 0.1) is 0 Å². The monoisotopic (exact) mass is 2120 g/mol. The summed E-state index contributed by atoms with van der Waals surface area (Å²) in [5.74, 6) is 2.36. The molecule has 18 rings (SSSR count). The van der Waals surface area contributed by atoms with Crippen molar-refractivity contribution in [1.82, 2.24) is 64.0 Å². The van der Waals surface area contributed by atoms with Gasteiger partial charge in [0.05, 0.1) is 81.8 Å². The number of fused-ring (bicyclic) bond motifs is 1. The first kappa shape index (κ1) is 106. The average Bonchev–Trinajstić information content (AvgIpc) is 1.67. The van der Waals surface area contributed by atoms with Gasteiger partial charge in [-0.15, -0.1) is 11.3 Å². The molecule has 0 atom stereocenters. The second-order valence-corrected chi connectivity index (χ2v) is 45.6. The maximum atomic E-state index is 12.9. The molecule has 149 heavy (non-hydrogen) atoms. The molecule has 0 radical (unpaired) electrons. The number of imidazole rings is 1. The van der Waals surface area contributed by atoms with E-state index in [9.17, 15) is 52.8 Å². The third-order valence-corrected chi connectivity index (χ3v) is 28.5. The van der Waals surface area contributed by atoms with Crippen molar-refractivity contribution in [2.45, 2.75) is 124 Å². The number of sulfonamides is 4. The van der Waals surface area contributed by atoms with Gasteiger partial charge in [0.2, 0.25) is 5.95 Å². The number of benzene rings is 11. The van der Waals surface area contributed by atoms with Crippen molar-refractivity contribution in [2.75, 3.05) is 61.4 Å². The molecule has 7 heterocycles. The zero-order valence-electron chi connectivity index (χ0n) is 82.6. The van der Waals surface area contributed by atoms with E-state index in [-0.39, 0.29) is 41.2 Å². The molecule has 7 aromatic heterocycles. The first-order valence-corrected chi connectivity index (χ1v) is 53.4. The third kappa shape index (κ3) is 28.3. The van der Waals surface area contributed by atoms with Crippen molar-refractivity contribution in [1.29, 1.82) is 0 Å². The second kappa shape index (κ2) is 45.2. The number of amides is 8. The zero-order chi connectivity index (χ0) is 106. The summed E-state index contributed by atoms with van der Waals surface area (Å²) in [4.78, 5) is 71.2. The van der Waals surface area contributed by atoms with Crippen molar-refractivity contribution >= 4 is 167 Å². The Labute approximate surface area is 870 Å². The Bertz CT molecular complexity index is 8210. The fourth-order valence-electron chi connectivity index (χ4n) is 14.1. The SMILES string of the molecule is CC(C)(C)c1cc(NC(=O)Nc2ccc(Cl)cc2)n(-c2ccc(S(=O)(=O)Nc3ccccc3)cc2)n1.CC(C)(C)c1cc(NC(=O)Nc2ccncn2)n(-c2ccc(S(=O)(=O)Nc3ccccc3)cc2)n1.CC(C)(C)c1cc(NC(=O)Nc2nc(-c3ccccc3)cs2)n(-c2ccc(S(=O)(=O)Nc3ccccc3)cc2)n1.CC(C)(C)c1cc(NC(=O)Nc2nc3ccccc3[nH]2)n(-c2ccc(S(=O)(=O)Nc3ccccc3)cc2)n1. The minimum Gasteiger partial charge on any atom is -0.324 e. The summed E-state index contributed by atoms with van der Waals surface area (Å²) in [6, 6.07) is 90.5. The number of hydrogen-bond acceptors (Lipinski definition) is 21. The quantitative estimate of drug-likeness (QED) is 0.0253. The van der Waals surface area contributed by atoms with Gasteiger partial charge >= 0.3 is 24.1 Å². The normalized spacial score (nSPS) is 11.7. The van der Waals surface area contributed by atoms with Crippen LogP contribution in [-0.2, 0) is 61.8 Å². The van der Waals surface area contributed by atoms with Crippen LogP contribution in [0.4, 0.5) is 87.8 Å². The highest BCUT2D eigenvalue weighted by atomic mass is 35.5. The number of hydrogen-bond donors (Lipinski definition) is 13. The number of carbonyl (C=O) groups excluding carboxylic acids is 4. The number of halogens is 1. The Kier molecular flexibility index (Phi) is 32.2. The van der Waals surface area contributed by atoms with Gasteiger partial charge in [-0.1, -0.05) is 210 Å². The fourth-order valence-corrected chi connectivity index (χ4v) is 19.2. The molecule has 37 nitrogen and oxygen atoms in total. The third-order valence-electron chi connectivity index (χ3n) is 21.9. The van der Waals surface area contributed by atoms with Crippen molar-refractivity contribution in [3.8, 4) is 34.0 Å². The van der Waals surface area contributed by atoms with Crippen LogP contribution in [0.2, 0.25) is 5.02 Å². The smallest absolute Gasteiger partial charge is 0.324 e. The van der Waals surface area contributed by atoms with E-state index >= 15 is 0 Å². The summed E-state index contributed by atoms with van der Waals surface area (Å²) in [7, 11) is -15.1. The van der Waals surface area contributed by atoms with Crippen LogP contribution in [0.25, 0.3) is 45.0 Å². The Balaban J connectivity index is 0.000000149. The Morgan fingerprint density at radius 1 is 0.322 bits per heavy atom. The summed E-state index contributed by atoms with van der Waals surface area (Å²) < 4.78 is 119. The number of rotatable bonds is 25. The van der Waals surface area contributed by atoms with Crippen molar-refractivity contribution in [3.05, 3.63) is 373 Å². The van der Waals surface area contributed by atoms with E-state index in [1.54, 1.807) is 219 Å². The van der Waals surface area contributed by atoms with Gasteiger partial charge in [-0.05, 0) is 188 Å². The summed E-state index contributed by atoms with van der Waals surface area (Å²) in [6.07, 6.45) is 2.85.